The van der Waals surface area contributed by atoms with Crippen LogP contribution in [0.15, 0.2) is 30.3 Å². The summed E-state index contributed by atoms with van der Waals surface area (Å²) >= 11 is 0. The molecule has 0 aromatic heterocycles. The van der Waals surface area contributed by atoms with Crippen molar-refractivity contribution in [1.82, 2.24) is 0 Å². The molecule has 0 aliphatic rings. The van der Waals surface area contributed by atoms with Crippen molar-refractivity contribution in [2.45, 2.75) is 20.0 Å². The van der Waals surface area contributed by atoms with Gasteiger partial charge in [-0.3, -0.25) is 14.9 Å². The van der Waals surface area contributed by atoms with E-state index in [2.05, 4.69) is 5.32 Å². The Kier molecular flexibility index (Phi) is 6.12. The van der Waals surface area contributed by atoms with Crippen LogP contribution in [0, 0.1) is 17.0 Å². The zero-order chi connectivity index (χ0) is 21.1. The highest BCUT2D eigenvalue weighted by atomic mass is 19.4. The molecule has 0 heterocycles. The Labute approximate surface area is 158 Å². The van der Waals surface area contributed by atoms with Gasteiger partial charge in [-0.15, -0.1) is 0 Å². The van der Waals surface area contributed by atoms with E-state index in [9.17, 15) is 28.1 Å². The Balaban J connectivity index is 2.46. The highest BCUT2D eigenvalue weighted by molar-refractivity contribution is 6.07. The third-order valence-corrected chi connectivity index (χ3v) is 3.82. The molecule has 0 spiro atoms. The van der Waals surface area contributed by atoms with E-state index in [-0.39, 0.29) is 34.9 Å². The number of nitro benzene ring substituents is 1. The summed E-state index contributed by atoms with van der Waals surface area (Å²) in [7, 11) is 1.28. The van der Waals surface area contributed by atoms with Gasteiger partial charge in [-0.1, -0.05) is 6.07 Å². The maximum absolute atomic E-state index is 13.0. The predicted octanol–water partition coefficient (Wildman–Crippen LogP) is 4.58. The van der Waals surface area contributed by atoms with Crippen molar-refractivity contribution < 1.29 is 32.4 Å². The van der Waals surface area contributed by atoms with Crippen LogP contribution >= 0.6 is 0 Å². The first-order valence-electron chi connectivity index (χ1n) is 8.06. The van der Waals surface area contributed by atoms with Crippen LogP contribution in [-0.4, -0.2) is 24.5 Å². The van der Waals surface area contributed by atoms with Crippen molar-refractivity contribution in [2.24, 2.45) is 0 Å². The van der Waals surface area contributed by atoms with Gasteiger partial charge in [0.15, 0.2) is 11.5 Å². The van der Waals surface area contributed by atoms with Crippen molar-refractivity contribution in [3.8, 4) is 11.5 Å². The van der Waals surface area contributed by atoms with Crippen LogP contribution in [-0.2, 0) is 6.18 Å². The molecule has 0 aliphatic carbocycles. The van der Waals surface area contributed by atoms with E-state index < -0.39 is 28.3 Å². The highest BCUT2D eigenvalue weighted by Gasteiger charge is 2.33. The van der Waals surface area contributed by atoms with Crippen LogP contribution in [0.3, 0.4) is 0 Å². The van der Waals surface area contributed by atoms with Crippen LogP contribution in [0.5, 0.6) is 11.5 Å². The van der Waals surface area contributed by atoms with E-state index in [1.807, 2.05) is 0 Å². The number of nitrogens with one attached hydrogen (secondary N) is 1. The largest absolute Gasteiger partial charge is 0.493 e. The highest BCUT2D eigenvalue weighted by Crippen LogP contribution is 2.36. The number of benzene rings is 2. The lowest BCUT2D eigenvalue weighted by atomic mass is 10.1. The minimum atomic E-state index is -4.60. The molecule has 1 N–H and O–H groups in total. The number of aryl methyl sites for hydroxylation is 1. The number of anilines is 1. The zero-order valence-corrected chi connectivity index (χ0v) is 15.2. The van der Waals surface area contributed by atoms with Gasteiger partial charge in [-0.2, -0.15) is 13.2 Å². The molecule has 1 amide bonds. The molecule has 28 heavy (non-hydrogen) atoms. The summed E-state index contributed by atoms with van der Waals surface area (Å²) in [6.07, 6.45) is -4.60. The summed E-state index contributed by atoms with van der Waals surface area (Å²) in [4.78, 5) is 23.1. The third-order valence-electron chi connectivity index (χ3n) is 3.82. The van der Waals surface area contributed by atoms with Crippen LogP contribution < -0.4 is 14.8 Å². The molecular formula is C18H17F3N2O5. The second kappa shape index (κ2) is 8.15. The monoisotopic (exact) mass is 398 g/mol. The first-order chi connectivity index (χ1) is 13.1. The number of amides is 1. The summed E-state index contributed by atoms with van der Waals surface area (Å²) in [5.41, 5.74) is -2.01. The van der Waals surface area contributed by atoms with E-state index in [0.717, 1.165) is 18.2 Å². The zero-order valence-electron chi connectivity index (χ0n) is 15.2. The molecule has 0 unspecified atom stereocenters. The lowest BCUT2D eigenvalue weighted by molar-refractivity contribution is -0.385. The molecule has 7 nitrogen and oxygen atoms in total. The number of carbonyl (C=O) groups excluding carboxylic acids is 1. The Hall–Kier alpha value is -3.30. The molecule has 2 aromatic rings. The Morgan fingerprint density at radius 3 is 2.43 bits per heavy atom. The second-order valence-corrected chi connectivity index (χ2v) is 5.69. The molecule has 0 fully saturated rings. The van der Waals surface area contributed by atoms with Crippen LogP contribution in [0.25, 0.3) is 0 Å². The van der Waals surface area contributed by atoms with Gasteiger partial charge < -0.3 is 14.8 Å². The van der Waals surface area contributed by atoms with E-state index in [4.69, 9.17) is 9.47 Å². The van der Waals surface area contributed by atoms with Gasteiger partial charge in [0, 0.05) is 11.8 Å². The van der Waals surface area contributed by atoms with E-state index in [0.29, 0.717) is 0 Å². The van der Waals surface area contributed by atoms with E-state index in [1.54, 1.807) is 6.92 Å². The molecule has 0 atom stereocenters. The maximum atomic E-state index is 13.0. The minimum Gasteiger partial charge on any atom is -0.493 e. The van der Waals surface area contributed by atoms with E-state index in [1.165, 1.54) is 26.2 Å². The molecule has 0 aliphatic heterocycles. The number of nitro groups is 1. The van der Waals surface area contributed by atoms with Gasteiger partial charge in [-0.25, -0.2) is 0 Å². The van der Waals surface area contributed by atoms with Crippen molar-refractivity contribution in [3.05, 3.63) is 57.1 Å². The fourth-order valence-corrected chi connectivity index (χ4v) is 2.51. The van der Waals surface area contributed by atoms with Crippen molar-refractivity contribution in [1.29, 1.82) is 0 Å². The van der Waals surface area contributed by atoms with Crippen LogP contribution in [0.2, 0.25) is 0 Å². The Morgan fingerprint density at radius 1 is 1.21 bits per heavy atom. The molecule has 2 aromatic carbocycles. The number of hydrogen-bond acceptors (Lipinski definition) is 5. The second-order valence-electron chi connectivity index (χ2n) is 5.69. The summed E-state index contributed by atoms with van der Waals surface area (Å²) in [5, 5.41) is 13.6. The summed E-state index contributed by atoms with van der Waals surface area (Å²) in [6, 6.07) is 5.39. The van der Waals surface area contributed by atoms with Crippen molar-refractivity contribution in [3.63, 3.8) is 0 Å². The Bertz CT molecular complexity index is 913. The molecule has 10 heteroatoms. The number of carbonyl (C=O) groups is 1. The Morgan fingerprint density at radius 2 is 1.89 bits per heavy atom. The number of rotatable bonds is 6. The standard InChI is InChI=1S/C18H17F3N2O5/c1-4-28-16-8-12(14(23(25)26)9-15(16)27-3)17(24)22-11-6-5-10(2)13(7-11)18(19,20)21/h5-9H,4H2,1-3H3,(H,22,24). The average molecular weight is 398 g/mol. The first-order valence-corrected chi connectivity index (χ1v) is 8.06. The van der Waals surface area contributed by atoms with Gasteiger partial charge in [0.05, 0.1) is 30.3 Å². The third kappa shape index (κ3) is 4.51. The fraction of sp³-hybridized carbons (Fsp3) is 0.278. The first kappa shape index (κ1) is 21.0. The SMILES string of the molecule is CCOc1cc(C(=O)Nc2ccc(C)c(C(F)(F)F)c2)c([N+](=O)[O-])cc1OC. The number of halogens is 3. The average Bonchev–Trinajstić information content (AvgIpc) is 2.62. The van der Waals surface area contributed by atoms with Gasteiger partial charge in [0.25, 0.3) is 11.6 Å². The molecule has 2 rings (SSSR count). The number of nitrogens with zero attached hydrogens (tertiary/aromatic N) is 1. The lowest BCUT2D eigenvalue weighted by Crippen LogP contribution is -2.16. The van der Waals surface area contributed by atoms with Gasteiger partial charge in [0.2, 0.25) is 0 Å². The van der Waals surface area contributed by atoms with E-state index >= 15 is 0 Å². The minimum absolute atomic E-state index is 0.0143. The quantitative estimate of drug-likeness (QED) is 0.568. The molecule has 0 saturated carbocycles. The smallest absolute Gasteiger partial charge is 0.416 e. The van der Waals surface area contributed by atoms with Crippen LogP contribution in [0.1, 0.15) is 28.4 Å². The predicted molar refractivity (Wildman–Crippen MR) is 95.0 cm³/mol. The summed E-state index contributed by atoms with van der Waals surface area (Å²) < 4.78 is 49.5. The van der Waals surface area contributed by atoms with Gasteiger partial charge >= 0.3 is 6.18 Å². The van der Waals surface area contributed by atoms with Crippen LogP contribution in [0.4, 0.5) is 24.5 Å². The van der Waals surface area contributed by atoms with Crippen molar-refractivity contribution in [2.75, 3.05) is 19.0 Å². The number of alkyl halides is 3. The molecule has 150 valence electrons. The van der Waals surface area contributed by atoms with Gasteiger partial charge in [-0.05, 0) is 31.5 Å². The fourth-order valence-electron chi connectivity index (χ4n) is 2.51. The molecule has 0 saturated heterocycles. The molecule has 0 radical (unpaired) electrons. The van der Waals surface area contributed by atoms with Crippen molar-refractivity contribution >= 4 is 17.3 Å². The number of methoxy groups -OCH3 is 1. The number of hydrogen-bond donors (Lipinski definition) is 1. The topological polar surface area (TPSA) is 90.7 Å². The summed E-state index contributed by atoms with van der Waals surface area (Å²) in [5.74, 6) is -0.798. The summed E-state index contributed by atoms with van der Waals surface area (Å²) in [6.45, 7) is 3.17. The molecule has 0 bridgehead atoms. The maximum Gasteiger partial charge on any atom is 0.416 e. The van der Waals surface area contributed by atoms with Gasteiger partial charge in [0.1, 0.15) is 5.56 Å². The normalized spacial score (nSPS) is 11.1. The molecular weight excluding hydrogens is 381 g/mol. The lowest BCUT2D eigenvalue weighted by Gasteiger charge is -2.14. The number of ether oxygens (including phenoxy) is 2.